The Labute approximate surface area is 113 Å². The second-order valence-electron chi connectivity index (χ2n) is 7.20. The van der Waals surface area contributed by atoms with Crippen molar-refractivity contribution in [3.8, 4) is 0 Å². The zero-order valence-electron chi connectivity index (χ0n) is 13.3. The van der Waals surface area contributed by atoms with E-state index in [9.17, 15) is 0 Å². The number of ether oxygens (including phenoxy) is 1. The molecule has 0 aromatic heterocycles. The molecule has 0 amide bonds. The number of piperazine rings is 1. The summed E-state index contributed by atoms with van der Waals surface area (Å²) in [6, 6.07) is 0.615. The summed E-state index contributed by atoms with van der Waals surface area (Å²) in [5.74, 6) is 0.694. The molecule has 3 heteroatoms. The van der Waals surface area contributed by atoms with Crippen molar-refractivity contribution in [3.05, 3.63) is 0 Å². The van der Waals surface area contributed by atoms with Crippen molar-refractivity contribution < 1.29 is 4.74 Å². The van der Waals surface area contributed by atoms with Gasteiger partial charge in [-0.3, -0.25) is 4.90 Å². The maximum atomic E-state index is 5.53. The van der Waals surface area contributed by atoms with E-state index in [0.717, 1.165) is 26.1 Å². The fourth-order valence-corrected chi connectivity index (χ4v) is 2.39. The third-order valence-electron chi connectivity index (χ3n) is 4.41. The maximum Gasteiger partial charge on any atom is 0.0634 e. The van der Waals surface area contributed by atoms with Gasteiger partial charge in [-0.05, 0) is 40.0 Å². The summed E-state index contributed by atoms with van der Waals surface area (Å²) >= 11 is 0. The largest absolute Gasteiger partial charge is 0.379 e. The maximum absolute atomic E-state index is 5.53. The van der Waals surface area contributed by atoms with Crippen LogP contribution in [0.5, 0.6) is 0 Å². The van der Waals surface area contributed by atoms with Gasteiger partial charge in [0.15, 0.2) is 0 Å². The average molecular weight is 256 g/mol. The van der Waals surface area contributed by atoms with Crippen molar-refractivity contribution >= 4 is 0 Å². The highest BCUT2D eigenvalue weighted by atomic mass is 16.5. The molecule has 3 nitrogen and oxygen atoms in total. The Bertz CT molecular complexity index is 261. The van der Waals surface area contributed by atoms with Crippen molar-refractivity contribution in [1.82, 2.24) is 10.2 Å². The highest BCUT2D eigenvalue weighted by molar-refractivity contribution is 4.94. The van der Waals surface area contributed by atoms with Crippen LogP contribution in [0.25, 0.3) is 0 Å². The topological polar surface area (TPSA) is 24.5 Å². The third kappa shape index (κ3) is 4.22. The van der Waals surface area contributed by atoms with Gasteiger partial charge in [0, 0.05) is 38.3 Å². The Morgan fingerprint density at radius 1 is 1.39 bits per heavy atom. The Balaban J connectivity index is 2.59. The molecule has 0 spiro atoms. The second kappa shape index (κ2) is 5.89. The zero-order valence-corrected chi connectivity index (χ0v) is 13.3. The first-order valence-corrected chi connectivity index (χ1v) is 7.21. The average Bonchev–Trinajstić information content (AvgIpc) is 2.27. The van der Waals surface area contributed by atoms with Crippen LogP contribution in [0.1, 0.15) is 48.0 Å². The van der Waals surface area contributed by atoms with Crippen LogP contribution in [-0.4, -0.2) is 48.8 Å². The Morgan fingerprint density at radius 3 is 2.50 bits per heavy atom. The lowest BCUT2D eigenvalue weighted by molar-refractivity contribution is -0.0132. The molecule has 1 saturated heterocycles. The number of rotatable bonds is 5. The summed E-state index contributed by atoms with van der Waals surface area (Å²) < 4.78 is 5.53. The minimum absolute atomic E-state index is 0.0196. The van der Waals surface area contributed by atoms with Crippen LogP contribution in [0.4, 0.5) is 0 Å². The number of hydrogen-bond acceptors (Lipinski definition) is 3. The fraction of sp³-hybridized carbons (Fsp3) is 1.00. The molecule has 0 aliphatic carbocycles. The van der Waals surface area contributed by atoms with Crippen LogP contribution in [0.2, 0.25) is 0 Å². The Hall–Kier alpha value is -0.120. The van der Waals surface area contributed by atoms with Gasteiger partial charge in [0.25, 0.3) is 0 Å². The van der Waals surface area contributed by atoms with Gasteiger partial charge in [-0.15, -0.1) is 0 Å². The van der Waals surface area contributed by atoms with Gasteiger partial charge in [-0.1, -0.05) is 13.8 Å². The molecule has 1 unspecified atom stereocenters. The van der Waals surface area contributed by atoms with Crippen molar-refractivity contribution in [1.29, 1.82) is 0 Å². The van der Waals surface area contributed by atoms with Crippen LogP contribution in [-0.2, 0) is 4.74 Å². The molecule has 1 aliphatic heterocycles. The molecule has 1 N–H and O–H groups in total. The van der Waals surface area contributed by atoms with Crippen molar-refractivity contribution in [2.75, 3.05) is 26.7 Å². The van der Waals surface area contributed by atoms with E-state index < -0.39 is 0 Å². The summed E-state index contributed by atoms with van der Waals surface area (Å²) in [4.78, 5) is 2.62. The molecule has 1 atom stereocenters. The van der Waals surface area contributed by atoms with Gasteiger partial charge in [-0.25, -0.2) is 0 Å². The van der Waals surface area contributed by atoms with E-state index in [4.69, 9.17) is 4.74 Å². The number of methoxy groups -OCH3 is 1. The number of nitrogens with one attached hydrogen (secondary N) is 1. The molecule has 1 fully saturated rings. The molecule has 108 valence electrons. The van der Waals surface area contributed by atoms with E-state index in [-0.39, 0.29) is 11.1 Å². The molecule has 0 aromatic rings. The second-order valence-corrected chi connectivity index (χ2v) is 7.20. The fourth-order valence-electron chi connectivity index (χ4n) is 2.39. The molecule has 0 bridgehead atoms. The van der Waals surface area contributed by atoms with E-state index in [0.29, 0.717) is 12.0 Å². The standard InChI is InChI=1S/C15H32N2O/c1-12(2)13-10-17(14(3,4)11-16-13)9-8-15(5,6)18-7/h12-13,16H,8-11H2,1-7H3. The highest BCUT2D eigenvalue weighted by Gasteiger charge is 2.35. The van der Waals surface area contributed by atoms with Crippen LogP contribution in [0.3, 0.4) is 0 Å². The van der Waals surface area contributed by atoms with E-state index in [1.807, 2.05) is 0 Å². The first-order chi connectivity index (χ1) is 8.18. The summed E-state index contributed by atoms with van der Waals surface area (Å²) in [5.41, 5.74) is 0.226. The minimum Gasteiger partial charge on any atom is -0.379 e. The van der Waals surface area contributed by atoms with E-state index >= 15 is 0 Å². The number of nitrogens with zero attached hydrogens (tertiary/aromatic N) is 1. The molecule has 1 aliphatic rings. The highest BCUT2D eigenvalue weighted by Crippen LogP contribution is 2.23. The third-order valence-corrected chi connectivity index (χ3v) is 4.41. The first-order valence-electron chi connectivity index (χ1n) is 7.21. The first kappa shape index (κ1) is 15.9. The normalized spacial score (nSPS) is 25.7. The van der Waals surface area contributed by atoms with Crippen LogP contribution < -0.4 is 5.32 Å². The zero-order chi connectivity index (χ0) is 14.0. The predicted octanol–water partition coefficient (Wildman–Crippen LogP) is 2.51. The van der Waals surface area contributed by atoms with Gasteiger partial charge in [0.05, 0.1) is 5.60 Å². The smallest absolute Gasteiger partial charge is 0.0634 e. The van der Waals surface area contributed by atoms with Gasteiger partial charge in [0.2, 0.25) is 0 Å². The quantitative estimate of drug-likeness (QED) is 0.818. The van der Waals surface area contributed by atoms with Gasteiger partial charge < -0.3 is 10.1 Å². The van der Waals surface area contributed by atoms with Gasteiger partial charge in [0.1, 0.15) is 0 Å². The van der Waals surface area contributed by atoms with Crippen molar-refractivity contribution in [3.63, 3.8) is 0 Å². The lowest BCUT2D eigenvalue weighted by Crippen LogP contribution is -2.63. The van der Waals surface area contributed by atoms with Crippen molar-refractivity contribution in [2.45, 2.75) is 65.1 Å². The van der Waals surface area contributed by atoms with Gasteiger partial charge >= 0.3 is 0 Å². The van der Waals surface area contributed by atoms with E-state index in [1.54, 1.807) is 7.11 Å². The summed E-state index contributed by atoms with van der Waals surface area (Å²) in [7, 11) is 1.81. The summed E-state index contributed by atoms with van der Waals surface area (Å²) in [5, 5.41) is 3.68. The van der Waals surface area contributed by atoms with E-state index in [2.05, 4.69) is 51.8 Å². The molecular weight excluding hydrogens is 224 g/mol. The molecule has 1 rings (SSSR count). The van der Waals surface area contributed by atoms with Gasteiger partial charge in [-0.2, -0.15) is 0 Å². The molecular formula is C15H32N2O. The molecule has 18 heavy (non-hydrogen) atoms. The van der Waals surface area contributed by atoms with Crippen molar-refractivity contribution in [2.24, 2.45) is 5.92 Å². The van der Waals surface area contributed by atoms with Crippen LogP contribution in [0.15, 0.2) is 0 Å². The predicted molar refractivity (Wildman–Crippen MR) is 78.0 cm³/mol. The SMILES string of the molecule is COC(C)(C)CCN1CC(C(C)C)NCC1(C)C. The molecule has 0 aromatic carbocycles. The monoisotopic (exact) mass is 256 g/mol. The Morgan fingerprint density at radius 2 is 2.00 bits per heavy atom. The number of hydrogen-bond donors (Lipinski definition) is 1. The van der Waals surface area contributed by atoms with Crippen LogP contribution >= 0.6 is 0 Å². The summed E-state index contributed by atoms with van der Waals surface area (Å²) in [6.45, 7) is 16.9. The minimum atomic E-state index is -0.0196. The lowest BCUT2D eigenvalue weighted by Gasteiger charge is -2.48. The van der Waals surface area contributed by atoms with Crippen LogP contribution in [0, 0.1) is 5.92 Å². The van der Waals surface area contributed by atoms with E-state index in [1.165, 1.54) is 0 Å². The Kier molecular flexibility index (Phi) is 5.22. The summed E-state index contributed by atoms with van der Waals surface area (Å²) in [6.07, 6.45) is 1.08. The lowest BCUT2D eigenvalue weighted by atomic mass is 9.92. The molecule has 0 radical (unpaired) electrons. The molecule has 1 heterocycles. The molecule has 0 saturated carbocycles.